The minimum absolute atomic E-state index is 0.309. The van der Waals surface area contributed by atoms with Gasteiger partial charge in [0.15, 0.2) is 6.29 Å². The number of aliphatic hydroxyl groups excluding tert-OH is 6. The fourth-order valence-corrected chi connectivity index (χ4v) is 10.5. The quantitative estimate of drug-likeness (QED) is 0.0232. The number of carbonyl (C=O) groups is 1. The summed E-state index contributed by atoms with van der Waals surface area (Å²) in [6.45, 7) is 3.64. The average Bonchev–Trinajstić information content (AvgIpc) is 3.40. The van der Waals surface area contributed by atoms with Crippen molar-refractivity contribution in [2.45, 2.75) is 365 Å². The highest BCUT2D eigenvalue weighted by Gasteiger charge is 2.44. The zero-order valence-electron chi connectivity index (χ0n) is 48.5. The Kier molecular flexibility index (Phi) is 51.2. The molecule has 438 valence electrons. The van der Waals surface area contributed by atoms with Crippen LogP contribution in [0.1, 0.15) is 316 Å². The van der Waals surface area contributed by atoms with Gasteiger partial charge in [-0.3, -0.25) is 4.79 Å². The number of allylic oxidation sites excluding steroid dienone is 3. The summed E-state index contributed by atoms with van der Waals surface area (Å²) in [4.78, 5) is 13.2. The summed E-state index contributed by atoms with van der Waals surface area (Å²) in [5.41, 5.74) is 0. The minimum Gasteiger partial charge on any atom is -0.394 e. The lowest BCUT2D eigenvalue weighted by molar-refractivity contribution is -0.302. The number of carbonyl (C=O) groups excluding carboxylic acids is 1. The number of nitrogens with one attached hydrogen (secondary N) is 1. The highest BCUT2D eigenvalue weighted by Crippen LogP contribution is 2.23. The van der Waals surface area contributed by atoms with E-state index in [2.05, 4.69) is 31.3 Å². The Hall–Kier alpha value is -1.37. The van der Waals surface area contributed by atoms with Crippen molar-refractivity contribution >= 4 is 5.91 Å². The Morgan fingerprint density at radius 2 is 0.797 bits per heavy atom. The first-order valence-corrected chi connectivity index (χ1v) is 32.2. The number of amides is 1. The molecule has 0 bridgehead atoms. The molecular formula is C64H123NO9. The second-order valence-corrected chi connectivity index (χ2v) is 22.7. The lowest BCUT2D eigenvalue weighted by atomic mass is 9.99. The van der Waals surface area contributed by atoms with Crippen molar-refractivity contribution in [1.82, 2.24) is 5.32 Å². The number of aliphatic hydroxyl groups is 6. The Morgan fingerprint density at radius 3 is 1.18 bits per heavy atom. The molecule has 0 aliphatic carbocycles. The van der Waals surface area contributed by atoms with Crippen molar-refractivity contribution in [1.29, 1.82) is 0 Å². The van der Waals surface area contributed by atoms with Gasteiger partial charge in [-0.15, -0.1) is 0 Å². The van der Waals surface area contributed by atoms with E-state index in [0.717, 1.165) is 38.5 Å². The standard InChI is InChI=1S/C64H123NO9/c1-3-5-7-9-11-13-15-17-19-21-22-23-24-25-26-27-28-29-30-31-32-33-34-35-37-39-41-43-45-47-49-51-53-58(68)63(72)65-56(55-73-64-62(71)61(70)60(69)59(54-66)74-64)57(67)52-50-48-46-44-42-40-38-36-20-18-16-14-12-10-8-6-4-2/h42,44,50,52,56-62,64,66-71H,3-41,43,45-49,51,53-55H2,1-2H3,(H,65,72)/b44-42+,52-50+. The van der Waals surface area contributed by atoms with Crippen LogP contribution in [0.4, 0.5) is 0 Å². The maximum atomic E-state index is 13.2. The van der Waals surface area contributed by atoms with Crippen LogP contribution in [-0.4, -0.2) is 98.7 Å². The van der Waals surface area contributed by atoms with Gasteiger partial charge in [0.2, 0.25) is 5.91 Å². The van der Waals surface area contributed by atoms with E-state index in [1.54, 1.807) is 6.08 Å². The molecule has 1 rings (SSSR count). The topological polar surface area (TPSA) is 169 Å². The monoisotopic (exact) mass is 1050 g/mol. The minimum atomic E-state index is -1.61. The molecular weight excluding hydrogens is 927 g/mol. The molecule has 8 atom stereocenters. The largest absolute Gasteiger partial charge is 0.394 e. The van der Waals surface area contributed by atoms with E-state index in [-0.39, 0.29) is 6.61 Å². The third-order valence-electron chi connectivity index (χ3n) is 15.6. The Morgan fingerprint density at radius 1 is 0.459 bits per heavy atom. The first-order valence-electron chi connectivity index (χ1n) is 32.2. The zero-order valence-corrected chi connectivity index (χ0v) is 48.5. The molecule has 0 aromatic carbocycles. The molecule has 0 aromatic rings. The van der Waals surface area contributed by atoms with Gasteiger partial charge in [-0.1, -0.05) is 308 Å². The summed E-state index contributed by atoms with van der Waals surface area (Å²) in [7, 11) is 0. The first-order chi connectivity index (χ1) is 36.3. The Bertz CT molecular complexity index is 1230. The number of ether oxygens (including phenoxy) is 2. The van der Waals surface area contributed by atoms with E-state index in [0.29, 0.717) is 12.8 Å². The van der Waals surface area contributed by atoms with E-state index in [9.17, 15) is 35.4 Å². The van der Waals surface area contributed by atoms with Crippen molar-refractivity contribution < 1.29 is 44.9 Å². The molecule has 8 unspecified atom stereocenters. The molecule has 0 aromatic heterocycles. The van der Waals surface area contributed by atoms with Crippen LogP contribution in [0.25, 0.3) is 0 Å². The smallest absolute Gasteiger partial charge is 0.249 e. The zero-order chi connectivity index (χ0) is 53.8. The van der Waals surface area contributed by atoms with Gasteiger partial charge in [0.1, 0.15) is 30.5 Å². The molecule has 1 amide bonds. The second-order valence-electron chi connectivity index (χ2n) is 22.7. The van der Waals surface area contributed by atoms with Crippen LogP contribution in [0.15, 0.2) is 24.3 Å². The van der Waals surface area contributed by atoms with Crippen molar-refractivity contribution in [3.8, 4) is 0 Å². The average molecular weight is 1050 g/mol. The predicted octanol–water partition coefficient (Wildman–Crippen LogP) is 15.5. The second kappa shape index (κ2) is 53.6. The Labute approximate surface area is 456 Å². The molecule has 10 nitrogen and oxygen atoms in total. The van der Waals surface area contributed by atoms with Crippen LogP contribution in [0.5, 0.6) is 0 Å². The molecule has 1 aliphatic heterocycles. The molecule has 0 spiro atoms. The lowest BCUT2D eigenvalue weighted by Crippen LogP contribution is -2.60. The molecule has 1 heterocycles. The Balaban J connectivity index is 2.16. The first kappa shape index (κ1) is 70.6. The fourth-order valence-electron chi connectivity index (χ4n) is 10.5. The van der Waals surface area contributed by atoms with Crippen LogP contribution >= 0.6 is 0 Å². The molecule has 1 saturated heterocycles. The lowest BCUT2D eigenvalue weighted by Gasteiger charge is -2.40. The van der Waals surface area contributed by atoms with E-state index in [4.69, 9.17) is 9.47 Å². The highest BCUT2D eigenvalue weighted by atomic mass is 16.7. The van der Waals surface area contributed by atoms with Crippen molar-refractivity contribution in [2.75, 3.05) is 13.2 Å². The van der Waals surface area contributed by atoms with Gasteiger partial charge >= 0.3 is 0 Å². The van der Waals surface area contributed by atoms with Crippen LogP contribution in [0.2, 0.25) is 0 Å². The molecule has 10 heteroatoms. The molecule has 7 N–H and O–H groups in total. The molecule has 0 saturated carbocycles. The summed E-state index contributed by atoms with van der Waals surface area (Å²) >= 11 is 0. The maximum absolute atomic E-state index is 13.2. The van der Waals surface area contributed by atoms with Crippen LogP contribution in [0, 0.1) is 0 Å². The molecule has 0 radical (unpaired) electrons. The summed E-state index contributed by atoms with van der Waals surface area (Å²) in [6.07, 6.45) is 58.8. The van der Waals surface area contributed by atoms with Crippen LogP contribution < -0.4 is 5.32 Å². The van der Waals surface area contributed by atoms with Crippen molar-refractivity contribution in [3.63, 3.8) is 0 Å². The van der Waals surface area contributed by atoms with Crippen molar-refractivity contribution in [3.05, 3.63) is 24.3 Å². The van der Waals surface area contributed by atoms with Crippen molar-refractivity contribution in [2.24, 2.45) is 0 Å². The van der Waals surface area contributed by atoms with Gasteiger partial charge in [0.25, 0.3) is 0 Å². The highest BCUT2D eigenvalue weighted by molar-refractivity contribution is 5.80. The third kappa shape index (κ3) is 41.7. The SMILES string of the molecule is CCCCCCCCCCCCC/C=C/CC/C=C/C(O)C(COC1OC(CO)C(O)C(O)C1O)NC(=O)C(O)CCCCCCCCCCCCCCCCCCCCCCCCCCCCCCCCCC. The van der Waals surface area contributed by atoms with Crippen LogP contribution in [0.3, 0.4) is 0 Å². The normalized spacial score (nSPS) is 19.5. The fraction of sp³-hybridized carbons (Fsp3) is 0.922. The predicted molar refractivity (Wildman–Crippen MR) is 310 cm³/mol. The van der Waals surface area contributed by atoms with Gasteiger partial charge in [0, 0.05) is 0 Å². The number of hydrogen-bond donors (Lipinski definition) is 7. The van der Waals surface area contributed by atoms with Gasteiger partial charge < -0.3 is 45.4 Å². The summed E-state index contributed by atoms with van der Waals surface area (Å²) in [5.74, 6) is -0.620. The molecule has 74 heavy (non-hydrogen) atoms. The molecule has 1 aliphatic rings. The van der Waals surface area contributed by atoms with Gasteiger partial charge in [0.05, 0.1) is 25.4 Å². The van der Waals surface area contributed by atoms with E-state index in [1.165, 1.54) is 250 Å². The number of rotatable bonds is 56. The van der Waals surface area contributed by atoms with E-state index < -0.39 is 61.5 Å². The third-order valence-corrected chi connectivity index (χ3v) is 15.6. The molecule has 1 fully saturated rings. The van der Waals surface area contributed by atoms with E-state index in [1.807, 2.05) is 6.08 Å². The number of unbranched alkanes of at least 4 members (excludes halogenated alkanes) is 43. The summed E-state index contributed by atoms with van der Waals surface area (Å²) in [5, 5.41) is 65.1. The summed E-state index contributed by atoms with van der Waals surface area (Å²) in [6, 6.07) is -0.995. The van der Waals surface area contributed by atoms with Gasteiger partial charge in [-0.2, -0.15) is 0 Å². The summed E-state index contributed by atoms with van der Waals surface area (Å²) < 4.78 is 11.2. The number of hydrogen-bond acceptors (Lipinski definition) is 9. The van der Waals surface area contributed by atoms with E-state index >= 15 is 0 Å². The maximum Gasteiger partial charge on any atom is 0.249 e. The van der Waals surface area contributed by atoms with Gasteiger partial charge in [-0.25, -0.2) is 0 Å². The van der Waals surface area contributed by atoms with Gasteiger partial charge in [-0.05, 0) is 32.1 Å². The van der Waals surface area contributed by atoms with Crippen LogP contribution in [-0.2, 0) is 14.3 Å².